The smallest absolute Gasteiger partial charge is 0.261 e. The molecule has 0 spiro atoms. The first kappa shape index (κ1) is 27.8. The number of aryl methyl sites for hydroxylation is 2. The number of hydrogen-bond donors (Lipinski definition) is 1. The van der Waals surface area contributed by atoms with E-state index in [1.807, 2.05) is 81.4 Å². The molecule has 0 heterocycles. The molecular weight excluding hydrogens is 540 g/mol. The number of benzene rings is 3. The van der Waals surface area contributed by atoms with E-state index in [-0.39, 0.29) is 25.0 Å². The molecular formula is C29H32BrClN2O3. The molecule has 0 aromatic heterocycles. The lowest BCUT2D eigenvalue weighted by Gasteiger charge is -2.31. The molecule has 5 nitrogen and oxygen atoms in total. The van der Waals surface area contributed by atoms with Gasteiger partial charge >= 0.3 is 0 Å². The summed E-state index contributed by atoms with van der Waals surface area (Å²) < 4.78 is 6.93. The van der Waals surface area contributed by atoms with Crippen molar-refractivity contribution in [2.24, 2.45) is 0 Å². The summed E-state index contributed by atoms with van der Waals surface area (Å²) in [5.41, 5.74) is 3.86. The summed E-state index contributed by atoms with van der Waals surface area (Å²) in [6.07, 6.45) is 1.19. The molecule has 0 saturated heterocycles. The van der Waals surface area contributed by atoms with Gasteiger partial charge in [0, 0.05) is 29.0 Å². The van der Waals surface area contributed by atoms with Gasteiger partial charge in [-0.05, 0) is 66.8 Å². The third kappa shape index (κ3) is 7.84. The highest BCUT2D eigenvalue weighted by Gasteiger charge is 2.30. The molecule has 0 unspecified atom stereocenters. The van der Waals surface area contributed by atoms with Crippen molar-refractivity contribution in [1.29, 1.82) is 0 Å². The molecule has 0 aliphatic carbocycles. The van der Waals surface area contributed by atoms with Crippen molar-refractivity contribution in [3.63, 3.8) is 0 Å². The number of nitrogens with one attached hydrogen (secondary N) is 1. The second-order valence-electron chi connectivity index (χ2n) is 8.81. The predicted molar refractivity (Wildman–Crippen MR) is 148 cm³/mol. The Morgan fingerprint density at radius 3 is 2.31 bits per heavy atom. The fraction of sp³-hybridized carbons (Fsp3) is 0.310. The molecule has 3 rings (SSSR count). The predicted octanol–water partition coefficient (Wildman–Crippen LogP) is 6.26. The molecule has 36 heavy (non-hydrogen) atoms. The number of amides is 2. The third-order valence-electron chi connectivity index (χ3n) is 5.83. The standard InChI is InChI=1S/C29H32BrClN2O3/c1-4-13-32-29(35)26(17-22-9-6-5-7-10-22)33(18-23-11-8-12-24(31)16-23)27(34)19-36-25-14-20(2)28(30)21(3)15-25/h5-12,14-16,26H,4,13,17-19H2,1-3H3,(H,32,35)/t26-/m1/s1. The molecule has 190 valence electrons. The lowest BCUT2D eigenvalue weighted by molar-refractivity contribution is -0.142. The van der Waals surface area contributed by atoms with Gasteiger partial charge in [-0.15, -0.1) is 0 Å². The van der Waals surface area contributed by atoms with Crippen LogP contribution < -0.4 is 10.1 Å². The van der Waals surface area contributed by atoms with E-state index in [0.717, 1.165) is 33.1 Å². The van der Waals surface area contributed by atoms with E-state index in [1.165, 1.54) is 0 Å². The Morgan fingerprint density at radius 2 is 1.67 bits per heavy atom. The number of hydrogen-bond acceptors (Lipinski definition) is 3. The lowest BCUT2D eigenvalue weighted by Crippen LogP contribution is -2.51. The van der Waals surface area contributed by atoms with Crippen molar-refractivity contribution in [3.05, 3.63) is 98.5 Å². The van der Waals surface area contributed by atoms with Crippen LogP contribution in [0.3, 0.4) is 0 Å². The summed E-state index contributed by atoms with van der Waals surface area (Å²) in [7, 11) is 0. The van der Waals surface area contributed by atoms with E-state index in [0.29, 0.717) is 23.7 Å². The van der Waals surface area contributed by atoms with Crippen LogP contribution in [0.15, 0.2) is 71.2 Å². The van der Waals surface area contributed by atoms with Crippen LogP contribution in [0.4, 0.5) is 0 Å². The second kappa shape index (κ2) is 13.5. The molecule has 0 aliphatic rings. The van der Waals surface area contributed by atoms with Gasteiger partial charge in [0.2, 0.25) is 5.91 Å². The Kier molecular flexibility index (Phi) is 10.4. The van der Waals surface area contributed by atoms with Gasteiger partial charge in [-0.3, -0.25) is 9.59 Å². The Labute approximate surface area is 226 Å². The molecule has 0 bridgehead atoms. The maximum absolute atomic E-state index is 13.6. The van der Waals surface area contributed by atoms with Crippen LogP contribution in [-0.4, -0.2) is 35.9 Å². The monoisotopic (exact) mass is 570 g/mol. The van der Waals surface area contributed by atoms with Crippen LogP contribution >= 0.6 is 27.5 Å². The SMILES string of the molecule is CCCNC(=O)[C@@H](Cc1ccccc1)N(Cc1cccc(Cl)c1)C(=O)COc1cc(C)c(Br)c(C)c1. The molecule has 7 heteroatoms. The highest BCUT2D eigenvalue weighted by atomic mass is 79.9. The summed E-state index contributed by atoms with van der Waals surface area (Å²) in [5, 5.41) is 3.55. The first-order valence-corrected chi connectivity index (χ1v) is 13.2. The zero-order valence-corrected chi connectivity index (χ0v) is 23.2. The minimum atomic E-state index is -0.706. The fourth-order valence-corrected chi connectivity index (χ4v) is 4.41. The van der Waals surface area contributed by atoms with Gasteiger partial charge in [0.05, 0.1) is 0 Å². The topological polar surface area (TPSA) is 58.6 Å². The Bertz CT molecular complexity index is 1160. The number of carbonyl (C=O) groups excluding carboxylic acids is 2. The number of rotatable bonds is 11. The summed E-state index contributed by atoms with van der Waals surface area (Å²) in [4.78, 5) is 28.6. The first-order chi connectivity index (χ1) is 17.3. The Balaban J connectivity index is 1.91. The van der Waals surface area contributed by atoms with Crippen LogP contribution in [0.2, 0.25) is 5.02 Å². The van der Waals surface area contributed by atoms with E-state index < -0.39 is 6.04 Å². The summed E-state index contributed by atoms with van der Waals surface area (Å²) in [5.74, 6) is 0.145. The van der Waals surface area contributed by atoms with Gasteiger partial charge in [0.1, 0.15) is 11.8 Å². The van der Waals surface area contributed by atoms with Crippen molar-refractivity contribution in [1.82, 2.24) is 10.2 Å². The van der Waals surface area contributed by atoms with Crippen LogP contribution in [0, 0.1) is 13.8 Å². The molecule has 0 saturated carbocycles. The van der Waals surface area contributed by atoms with Crippen LogP contribution in [0.25, 0.3) is 0 Å². The number of carbonyl (C=O) groups is 2. The van der Waals surface area contributed by atoms with Crippen LogP contribution in [0.5, 0.6) is 5.75 Å². The van der Waals surface area contributed by atoms with Gasteiger partial charge in [-0.2, -0.15) is 0 Å². The highest BCUT2D eigenvalue weighted by Crippen LogP contribution is 2.26. The minimum absolute atomic E-state index is 0.187. The van der Waals surface area contributed by atoms with Gasteiger partial charge in [-0.1, -0.05) is 76.9 Å². The molecule has 0 fully saturated rings. The first-order valence-electron chi connectivity index (χ1n) is 12.0. The molecule has 0 radical (unpaired) electrons. The summed E-state index contributed by atoms with van der Waals surface area (Å²) >= 11 is 9.78. The van der Waals surface area contributed by atoms with Gasteiger partial charge in [0.15, 0.2) is 6.61 Å². The van der Waals surface area contributed by atoms with E-state index in [1.54, 1.807) is 11.0 Å². The number of halogens is 2. The van der Waals surface area contributed by atoms with Crippen molar-refractivity contribution in [2.75, 3.05) is 13.2 Å². The normalized spacial score (nSPS) is 11.6. The van der Waals surface area contributed by atoms with E-state index in [2.05, 4.69) is 21.2 Å². The maximum Gasteiger partial charge on any atom is 0.261 e. The average Bonchev–Trinajstić information content (AvgIpc) is 2.87. The zero-order chi connectivity index (χ0) is 26.1. The van der Waals surface area contributed by atoms with Crippen LogP contribution in [-0.2, 0) is 22.6 Å². The van der Waals surface area contributed by atoms with Crippen molar-refractivity contribution < 1.29 is 14.3 Å². The van der Waals surface area contributed by atoms with Gasteiger partial charge < -0.3 is 15.0 Å². The van der Waals surface area contributed by atoms with Crippen molar-refractivity contribution in [2.45, 2.75) is 46.2 Å². The Hall–Kier alpha value is -2.83. The van der Waals surface area contributed by atoms with Crippen molar-refractivity contribution >= 4 is 39.3 Å². The van der Waals surface area contributed by atoms with Crippen molar-refractivity contribution in [3.8, 4) is 5.75 Å². The lowest BCUT2D eigenvalue weighted by atomic mass is 10.0. The average molecular weight is 572 g/mol. The largest absolute Gasteiger partial charge is 0.484 e. The van der Waals surface area contributed by atoms with Crippen LogP contribution in [0.1, 0.15) is 35.6 Å². The molecule has 0 aliphatic heterocycles. The number of ether oxygens (including phenoxy) is 1. The molecule has 3 aromatic rings. The number of nitrogens with zero attached hydrogens (tertiary/aromatic N) is 1. The van der Waals surface area contributed by atoms with Gasteiger partial charge in [0.25, 0.3) is 5.91 Å². The minimum Gasteiger partial charge on any atom is -0.484 e. The third-order valence-corrected chi connectivity index (χ3v) is 7.32. The fourth-order valence-electron chi connectivity index (χ4n) is 3.97. The molecule has 2 amide bonds. The summed E-state index contributed by atoms with van der Waals surface area (Å²) in [6.45, 7) is 6.54. The highest BCUT2D eigenvalue weighted by molar-refractivity contribution is 9.10. The molecule has 1 atom stereocenters. The Morgan fingerprint density at radius 1 is 1.00 bits per heavy atom. The van der Waals surface area contributed by atoms with E-state index >= 15 is 0 Å². The van der Waals surface area contributed by atoms with E-state index in [9.17, 15) is 9.59 Å². The molecule has 3 aromatic carbocycles. The zero-order valence-electron chi connectivity index (χ0n) is 20.9. The quantitative estimate of drug-likeness (QED) is 0.295. The van der Waals surface area contributed by atoms with E-state index in [4.69, 9.17) is 16.3 Å². The second-order valence-corrected chi connectivity index (χ2v) is 10.0. The van der Waals surface area contributed by atoms with Gasteiger partial charge in [-0.25, -0.2) is 0 Å². The molecule has 1 N–H and O–H groups in total. The summed E-state index contributed by atoms with van der Waals surface area (Å²) in [6, 6.07) is 20.1. The maximum atomic E-state index is 13.6.